The summed E-state index contributed by atoms with van der Waals surface area (Å²) < 4.78 is 59.9. The van der Waals surface area contributed by atoms with E-state index in [9.17, 15) is 21.6 Å². The highest BCUT2D eigenvalue weighted by molar-refractivity contribution is 7.90. The molecule has 0 aliphatic rings. The van der Waals surface area contributed by atoms with Crippen molar-refractivity contribution in [3.05, 3.63) is 12.4 Å². The van der Waals surface area contributed by atoms with E-state index in [0.717, 1.165) is 18.6 Å². The second-order valence-corrected chi connectivity index (χ2v) is 5.24. The van der Waals surface area contributed by atoms with E-state index in [2.05, 4.69) is 5.10 Å². The van der Waals surface area contributed by atoms with Gasteiger partial charge in [0, 0.05) is 19.0 Å². The number of rotatable bonds is 3. The molecule has 1 unspecified atom stereocenters. The Kier molecular flexibility index (Phi) is 3.29. The molecule has 0 fully saturated rings. The summed E-state index contributed by atoms with van der Waals surface area (Å²) >= 11 is 0. The molecule has 0 radical (unpaired) electrons. The number of nitrogens with zero attached hydrogens (tertiary/aromatic N) is 2. The third kappa shape index (κ3) is 2.73. The van der Waals surface area contributed by atoms with Gasteiger partial charge in [0.05, 0.1) is 6.20 Å². The Hall–Kier alpha value is -1.09. The van der Waals surface area contributed by atoms with Crippen LogP contribution >= 0.6 is 0 Å². The van der Waals surface area contributed by atoms with Crippen LogP contribution in [0.4, 0.5) is 13.2 Å². The van der Waals surface area contributed by atoms with Crippen molar-refractivity contribution < 1.29 is 21.6 Å². The van der Waals surface area contributed by atoms with Crippen LogP contribution < -0.4 is 5.73 Å². The van der Waals surface area contributed by atoms with Gasteiger partial charge in [-0.05, 0) is 0 Å². The fraction of sp³-hybridized carbons (Fsp3) is 0.571. The standard InChI is InChI=1S/C7H10F3N3O2S/c1-16(14,15)5-3-12-13(4-5)6(2-11)7(8,9)10/h3-4,6H,2,11H2,1H3. The summed E-state index contributed by atoms with van der Waals surface area (Å²) in [7, 11) is -3.56. The van der Waals surface area contributed by atoms with E-state index < -0.39 is 28.6 Å². The van der Waals surface area contributed by atoms with E-state index in [-0.39, 0.29) is 4.90 Å². The van der Waals surface area contributed by atoms with E-state index in [0.29, 0.717) is 4.68 Å². The maximum atomic E-state index is 12.4. The van der Waals surface area contributed by atoms with Crippen molar-refractivity contribution in [2.24, 2.45) is 5.73 Å². The molecule has 1 rings (SSSR count). The monoisotopic (exact) mass is 257 g/mol. The molecule has 0 aliphatic heterocycles. The lowest BCUT2D eigenvalue weighted by Gasteiger charge is -2.18. The zero-order chi connectivity index (χ0) is 12.6. The fourth-order valence-corrected chi connectivity index (χ4v) is 1.61. The normalized spacial score (nSPS) is 15.1. The van der Waals surface area contributed by atoms with Crippen molar-refractivity contribution in [1.82, 2.24) is 9.78 Å². The lowest BCUT2D eigenvalue weighted by Crippen LogP contribution is -2.33. The first-order chi connectivity index (χ1) is 7.16. The van der Waals surface area contributed by atoms with Crippen molar-refractivity contribution in [3.8, 4) is 0 Å². The first kappa shape index (κ1) is 13.0. The Labute approximate surface area is 90.0 Å². The molecule has 1 heterocycles. The minimum Gasteiger partial charge on any atom is -0.328 e. The van der Waals surface area contributed by atoms with Crippen molar-refractivity contribution >= 4 is 9.84 Å². The predicted octanol–water partition coefficient (Wildman–Crippen LogP) is 0.349. The van der Waals surface area contributed by atoms with E-state index in [1.807, 2.05) is 0 Å². The molecule has 0 saturated heterocycles. The van der Waals surface area contributed by atoms with Gasteiger partial charge in [0.2, 0.25) is 0 Å². The third-order valence-electron chi connectivity index (χ3n) is 1.93. The van der Waals surface area contributed by atoms with Gasteiger partial charge in [-0.25, -0.2) is 8.42 Å². The smallest absolute Gasteiger partial charge is 0.328 e. The summed E-state index contributed by atoms with van der Waals surface area (Å²) in [5.74, 6) is 0. The lowest BCUT2D eigenvalue weighted by molar-refractivity contribution is -0.167. The number of hydrogen-bond donors (Lipinski definition) is 1. The topological polar surface area (TPSA) is 78.0 Å². The van der Waals surface area contributed by atoms with Crippen molar-refractivity contribution in [2.75, 3.05) is 12.8 Å². The van der Waals surface area contributed by atoms with E-state index >= 15 is 0 Å². The SMILES string of the molecule is CS(=O)(=O)c1cnn(C(CN)C(F)(F)F)c1. The number of sulfone groups is 1. The maximum absolute atomic E-state index is 12.4. The number of alkyl halides is 3. The quantitative estimate of drug-likeness (QED) is 0.847. The highest BCUT2D eigenvalue weighted by Gasteiger charge is 2.40. The van der Waals surface area contributed by atoms with Crippen LogP contribution in [0.1, 0.15) is 6.04 Å². The molecule has 0 bridgehead atoms. The van der Waals surface area contributed by atoms with Gasteiger partial charge in [0.25, 0.3) is 0 Å². The average molecular weight is 257 g/mol. The fourth-order valence-electron chi connectivity index (χ4n) is 1.07. The molecule has 0 amide bonds. The largest absolute Gasteiger partial charge is 0.412 e. The summed E-state index contributed by atoms with van der Waals surface area (Å²) in [4.78, 5) is -0.268. The van der Waals surface area contributed by atoms with Crippen molar-refractivity contribution in [2.45, 2.75) is 17.1 Å². The van der Waals surface area contributed by atoms with E-state index in [1.54, 1.807) is 0 Å². The molecule has 1 aromatic rings. The number of nitrogens with two attached hydrogens (primary N) is 1. The van der Waals surface area contributed by atoms with Gasteiger partial charge in [-0.2, -0.15) is 18.3 Å². The van der Waals surface area contributed by atoms with Gasteiger partial charge in [0.15, 0.2) is 15.9 Å². The summed E-state index contributed by atoms with van der Waals surface area (Å²) in [6.07, 6.45) is -1.99. The van der Waals surface area contributed by atoms with Crippen LogP contribution in [0.3, 0.4) is 0 Å². The number of halogens is 3. The molecule has 9 heteroatoms. The van der Waals surface area contributed by atoms with Crippen LogP contribution in [0.2, 0.25) is 0 Å². The molecule has 2 N–H and O–H groups in total. The second-order valence-electron chi connectivity index (χ2n) is 3.22. The molecule has 1 aromatic heterocycles. The van der Waals surface area contributed by atoms with Gasteiger partial charge in [0.1, 0.15) is 4.90 Å². The Morgan fingerprint density at radius 2 is 2.12 bits per heavy atom. The zero-order valence-corrected chi connectivity index (χ0v) is 9.09. The number of hydrogen-bond acceptors (Lipinski definition) is 4. The van der Waals surface area contributed by atoms with E-state index in [4.69, 9.17) is 5.73 Å². The maximum Gasteiger partial charge on any atom is 0.412 e. The van der Waals surface area contributed by atoms with Crippen LogP contribution in [0.15, 0.2) is 17.3 Å². The highest BCUT2D eigenvalue weighted by atomic mass is 32.2. The minimum absolute atomic E-state index is 0.268. The molecule has 0 saturated carbocycles. The molecule has 0 aromatic carbocycles. The van der Waals surface area contributed by atoms with E-state index in [1.165, 1.54) is 0 Å². The Morgan fingerprint density at radius 3 is 2.44 bits per heavy atom. The van der Waals surface area contributed by atoms with Crippen molar-refractivity contribution in [1.29, 1.82) is 0 Å². The molecule has 0 spiro atoms. The van der Waals surface area contributed by atoms with Gasteiger partial charge in [-0.3, -0.25) is 4.68 Å². The summed E-state index contributed by atoms with van der Waals surface area (Å²) in [6, 6.07) is -2.01. The summed E-state index contributed by atoms with van der Waals surface area (Å²) in [6.45, 7) is -0.700. The molecule has 1 atom stereocenters. The Bertz CT molecular complexity index is 465. The summed E-state index contributed by atoms with van der Waals surface area (Å²) in [5, 5.41) is 3.36. The van der Waals surface area contributed by atoms with Gasteiger partial charge >= 0.3 is 6.18 Å². The van der Waals surface area contributed by atoms with Gasteiger partial charge in [-0.15, -0.1) is 0 Å². The number of aromatic nitrogens is 2. The first-order valence-electron chi connectivity index (χ1n) is 4.17. The van der Waals surface area contributed by atoms with Crippen LogP contribution in [0, 0.1) is 0 Å². The van der Waals surface area contributed by atoms with Gasteiger partial charge in [-0.1, -0.05) is 0 Å². The molecular weight excluding hydrogens is 247 g/mol. The molecule has 92 valence electrons. The second kappa shape index (κ2) is 4.06. The first-order valence-corrected chi connectivity index (χ1v) is 6.06. The molecule has 16 heavy (non-hydrogen) atoms. The van der Waals surface area contributed by atoms with Crippen molar-refractivity contribution in [3.63, 3.8) is 0 Å². The minimum atomic E-state index is -4.56. The highest BCUT2D eigenvalue weighted by Crippen LogP contribution is 2.29. The average Bonchev–Trinajstić information content (AvgIpc) is 2.50. The Morgan fingerprint density at radius 1 is 1.56 bits per heavy atom. The molecule has 0 aliphatic carbocycles. The van der Waals surface area contributed by atoms with Gasteiger partial charge < -0.3 is 5.73 Å². The Balaban J connectivity index is 3.11. The van der Waals surface area contributed by atoms with Crippen LogP contribution in [0.25, 0.3) is 0 Å². The zero-order valence-electron chi connectivity index (χ0n) is 8.27. The predicted molar refractivity (Wildman–Crippen MR) is 49.5 cm³/mol. The third-order valence-corrected chi connectivity index (χ3v) is 2.99. The van der Waals surface area contributed by atoms with Crippen LogP contribution in [0.5, 0.6) is 0 Å². The van der Waals surface area contributed by atoms with Crippen LogP contribution in [-0.4, -0.2) is 37.2 Å². The molecule has 5 nitrogen and oxygen atoms in total. The molecular formula is C7H10F3N3O2S. The lowest BCUT2D eigenvalue weighted by atomic mass is 10.3. The van der Waals surface area contributed by atoms with Crippen LogP contribution in [-0.2, 0) is 9.84 Å². The summed E-state index contributed by atoms with van der Waals surface area (Å²) in [5.41, 5.74) is 4.98.